The second-order valence-corrected chi connectivity index (χ2v) is 10.9. The van der Waals surface area contributed by atoms with Crippen LogP contribution in [0, 0.1) is 17.6 Å². The number of aromatic nitrogens is 4. The molecule has 1 aliphatic carbocycles. The molecule has 0 bridgehead atoms. The molecule has 0 spiro atoms. The monoisotopic (exact) mass is 571 g/mol. The highest BCUT2D eigenvalue weighted by molar-refractivity contribution is 5.79. The molecule has 216 valence electrons. The molecule has 41 heavy (non-hydrogen) atoms. The highest BCUT2D eigenvalue weighted by atomic mass is 19.3. The second-order valence-electron chi connectivity index (χ2n) is 10.9. The van der Waals surface area contributed by atoms with E-state index < -0.39 is 48.5 Å². The van der Waals surface area contributed by atoms with Crippen molar-refractivity contribution in [2.75, 3.05) is 18.0 Å². The summed E-state index contributed by atoms with van der Waals surface area (Å²) in [6, 6.07) is 8.93. The fourth-order valence-electron chi connectivity index (χ4n) is 5.87. The Labute approximate surface area is 233 Å². The number of aryl methyl sites for hydroxylation is 1. The first-order valence-electron chi connectivity index (χ1n) is 13.5. The van der Waals surface area contributed by atoms with E-state index in [4.69, 9.17) is 4.74 Å². The zero-order chi connectivity index (χ0) is 28.9. The molecule has 3 heterocycles. The number of carboxylic acid groups (broad SMARTS) is 1. The van der Waals surface area contributed by atoms with E-state index in [1.165, 1.54) is 23.1 Å². The number of ether oxygens (including phenoxy) is 1. The van der Waals surface area contributed by atoms with E-state index in [0.29, 0.717) is 35.6 Å². The van der Waals surface area contributed by atoms with Gasteiger partial charge in [0.1, 0.15) is 29.5 Å². The third-order valence-electron chi connectivity index (χ3n) is 7.96. The van der Waals surface area contributed by atoms with Crippen molar-refractivity contribution in [3.05, 3.63) is 71.3 Å². The van der Waals surface area contributed by atoms with E-state index in [0.717, 1.165) is 12.8 Å². The van der Waals surface area contributed by atoms with Gasteiger partial charge in [0.15, 0.2) is 5.82 Å². The number of carboxylic acids is 1. The summed E-state index contributed by atoms with van der Waals surface area (Å²) >= 11 is 0. The summed E-state index contributed by atoms with van der Waals surface area (Å²) in [6.07, 6.45) is 4.34. The molecule has 4 aromatic rings. The molecule has 2 atom stereocenters. The molecule has 1 unspecified atom stereocenters. The van der Waals surface area contributed by atoms with E-state index in [1.54, 1.807) is 40.7 Å². The van der Waals surface area contributed by atoms with Crippen molar-refractivity contribution in [1.29, 1.82) is 0 Å². The largest absolute Gasteiger partial charge is 0.487 e. The zero-order valence-corrected chi connectivity index (χ0v) is 22.4. The molecule has 0 radical (unpaired) electrons. The summed E-state index contributed by atoms with van der Waals surface area (Å²) in [7, 11) is 1.77. The standard InChI is InChI=1S/C29H29F4N5O3/c1-36-9-8-18(35-36)14-41-20-11-24(31)26-25(12-20)38(27(34-26)21-4-2-3-5-22(21)28(39)40)13-17-6-7-19(10-23(17)30)37-15-29(32,33)16-37/h6-12,21-22H,2-5,13-16H2,1H3,(H,39,40)/t21?,22-/m0/s1. The summed E-state index contributed by atoms with van der Waals surface area (Å²) in [4.78, 5) is 18.1. The average molecular weight is 572 g/mol. The van der Waals surface area contributed by atoms with Crippen LogP contribution in [-0.2, 0) is 25.0 Å². The molecule has 2 aromatic carbocycles. The van der Waals surface area contributed by atoms with Crippen molar-refractivity contribution < 1.29 is 32.2 Å². The van der Waals surface area contributed by atoms with Crippen molar-refractivity contribution >= 4 is 22.7 Å². The molecule has 1 saturated heterocycles. The lowest BCUT2D eigenvalue weighted by Crippen LogP contribution is -2.56. The maximum Gasteiger partial charge on any atom is 0.307 e. The minimum absolute atomic E-state index is 0.0414. The lowest BCUT2D eigenvalue weighted by atomic mass is 9.78. The Bertz CT molecular complexity index is 1610. The lowest BCUT2D eigenvalue weighted by Gasteiger charge is -2.40. The Morgan fingerprint density at radius 1 is 1.10 bits per heavy atom. The predicted molar refractivity (Wildman–Crippen MR) is 142 cm³/mol. The number of aliphatic carboxylic acids is 1. The molecule has 6 rings (SSSR count). The molecule has 2 aromatic heterocycles. The molecule has 2 aliphatic rings. The maximum absolute atomic E-state index is 15.4. The topological polar surface area (TPSA) is 85.4 Å². The van der Waals surface area contributed by atoms with Gasteiger partial charge in [-0.2, -0.15) is 5.10 Å². The van der Waals surface area contributed by atoms with Crippen LogP contribution in [0.4, 0.5) is 23.2 Å². The van der Waals surface area contributed by atoms with Gasteiger partial charge in [0.2, 0.25) is 0 Å². The Morgan fingerprint density at radius 3 is 2.56 bits per heavy atom. The first kappa shape index (κ1) is 27.1. The van der Waals surface area contributed by atoms with Crippen molar-refractivity contribution in [2.24, 2.45) is 13.0 Å². The van der Waals surface area contributed by atoms with Gasteiger partial charge in [-0.05, 0) is 31.0 Å². The Kier molecular flexibility index (Phi) is 6.87. The third-order valence-corrected chi connectivity index (χ3v) is 7.96. The minimum Gasteiger partial charge on any atom is -0.487 e. The zero-order valence-electron chi connectivity index (χ0n) is 22.4. The van der Waals surface area contributed by atoms with Gasteiger partial charge in [-0.25, -0.2) is 22.5 Å². The number of carbonyl (C=O) groups is 1. The van der Waals surface area contributed by atoms with E-state index in [-0.39, 0.29) is 30.0 Å². The van der Waals surface area contributed by atoms with Crippen molar-refractivity contribution in [1.82, 2.24) is 19.3 Å². The SMILES string of the molecule is Cn1ccc(COc2cc(F)c3nc(C4CCCC[C@@H]4C(=O)O)n(Cc4ccc(N5CC(F)(F)C5)cc4F)c3c2)n1. The van der Waals surface area contributed by atoms with Crippen LogP contribution < -0.4 is 9.64 Å². The van der Waals surface area contributed by atoms with Gasteiger partial charge in [0.25, 0.3) is 5.92 Å². The molecule has 1 aliphatic heterocycles. The van der Waals surface area contributed by atoms with Gasteiger partial charge in [0, 0.05) is 42.5 Å². The molecule has 2 fully saturated rings. The fraction of sp³-hybridized carbons (Fsp3) is 0.414. The summed E-state index contributed by atoms with van der Waals surface area (Å²) in [5.41, 5.74) is 1.62. The Morgan fingerprint density at radius 2 is 1.88 bits per heavy atom. The van der Waals surface area contributed by atoms with E-state index >= 15 is 8.78 Å². The number of imidazole rings is 1. The summed E-state index contributed by atoms with van der Waals surface area (Å²) in [5, 5.41) is 14.2. The molecule has 0 amide bonds. The van der Waals surface area contributed by atoms with E-state index in [9.17, 15) is 18.7 Å². The lowest BCUT2D eigenvalue weighted by molar-refractivity contribution is -0.143. The highest BCUT2D eigenvalue weighted by Crippen LogP contribution is 2.40. The number of hydrogen-bond donors (Lipinski definition) is 1. The number of anilines is 1. The Balaban J connectivity index is 1.39. The molecular formula is C29H29F4N5O3. The quantitative estimate of drug-likeness (QED) is 0.282. The van der Waals surface area contributed by atoms with Gasteiger partial charge in [-0.3, -0.25) is 9.48 Å². The molecule has 8 nitrogen and oxygen atoms in total. The van der Waals surface area contributed by atoms with Crippen LogP contribution in [0.1, 0.15) is 48.7 Å². The average Bonchev–Trinajstić information content (AvgIpc) is 3.50. The van der Waals surface area contributed by atoms with Gasteiger partial charge in [-0.1, -0.05) is 18.9 Å². The number of hydrogen-bond acceptors (Lipinski definition) is 5. The highest BCUT2D eigenvalue weighted by Gasteiger charge is 2.44. The summed E-state index contributed by atoms with van der Waals surface area (Å²) in [6.45, 7) is -0.899. The predicted octanol–water partition coefficient (Wildman–Crippen LogP) is 5.49. The summed E-state index contributed by atoms with van der Waals surface area (Å²) < 4.78 is 66.6. The number of rotatable bonds is 8. The van der Waals surface area contributed by atoms with Gasteiger partial charge in [0.05, 0.1) is 36.8 Å². The van der Waals surface area contributed by atoms with Crippen LogP contribution in [0.25, 0.3) is 11.0 Å². The van der Waals surface area contributed by atoms with E-state index in [2.05, 4.69) is 10.1 Å². The number of nitrogens with zero attached hydrogens (tertiary/aromatic N) is 5. The number of fused-ring (bicyclic) bond motifs is 1. The van der Waals surface area contributed by atoms with Gasteiger partial charge in [-0.15, -0.1) is 0 Å². The van der Waals surface area contributed by atoms with Crippen LogP contribution in [0.5, 0.6) is 5.75 Å². The number of halogens is 4. The van der Waals surface area contributed by atoms with Crippen LogP contribution in [0.3, 0.4) is 0 Å². The van der Waals surface area contributed by atoms with Crippen molar-refractivity contribution in [3.63, 3.8) is 0 Å². The molecule has 1 saturated carbocycles. The van der Waals surface area contributed by atoms with Gasteiger partial charge >= 0.3 is 5.97 Å². The molecule has 1 N–H and O–H groups in total. The molecule has 12 heteroatoms. The second kappa shape index (κ2) is 10.4. The number of alkyl halides is 2. The van der Waals surface area contributed by atoms with Crippen LogP contribution in [-0.4, -0.2) is 49.4 Å². The third kappa shape index (κ3) is 5.34. The molecular weight excluding hydrogens is 542 g/mol. The fourth-order valence-corrected chi connectivity index (χ4v) is 5.87. The first-order chi connectivity index (χ1) is 19.6. The minimum atomic E-state index is -2.79. The number of benzene rings is 2. The van der Waals surface area contributed by atoms with Crippen LogP contribution in [0.15, 0.2) is 42.6 Å². The van der Waals surface area contributed by atoms with Crippen molar-refractivity contribution in [3.8, 4) is 5.75 Å². The van der Waals surface area contributed by atoms with Crippen LogP contribution >= 0.6 is 0 Å². The summed E-state index contributed by atoms with van der Waals surface area (Å²) in [5.74, 6) is -5.59. The normalized spacial score (nSPS) is 20.3. The smallest absolute Gasteiger partial charge is 0.307 e. The van der Waals surface area contributed by atoms with Gasteiger partial charge < -0.3 is 19.3 Å². The first-order valence-corrected chi connectivity index (χ1v) is 13.5. The Hall–Kier alpha value is -4.09. The van der Waals surface area contributed by atoms with Crippen molar-refractivity contribution in [2.45, 2.75) is 50.7 Å². The van der Waals surface area contributed by atoms with E-state index in [1.807, 2.05) is 0 Å². The van der Waals surface area contributed by atoms with Crippen LogP contribution in [0.2, 0.25) is 0 Å². The maximum atomic E-state index is 15.4.